The molecule has 106 valence electrons. The number of nitrogens with one attached hydrogen (secondary N) is 1. The Labute approximate surface area is 121 Å². The fourth-order valence-electron chi connectivity index (χ4n) is 2.61. The van der Waals surface area contributed by atoms with Crippen LogP contribution in [0.5, 0.6) is 0 Å². The molecule has 0 atom stereocenters. The van der Waals surface area contributed by atoms with Crippen LogP contribution >= 0.6 is 11.8 Å². The summed E-state index contributed by atoms with van der Waals surface area (Å²) in [6, 6.07) is 2.78. The van der Waals surface area contributed by atoms with Crippen LogP contribution in [0.2, 0.25) is 0 Å². The molecule has 0 unspecified atom stereocenters. The van der Waals surface area contributed by atoms with Gasteiger partial charge in [0.1, 0.15) is 11.9 Å². The molecule has 1 heterocycles. The third-order valence-corrected chi connectivity index (χ3v) is 4.82. The fraction of sp³-hybridized carbons (Fsp3) is 0.692. The zero-order valence-electron chi connectivity index (χ0n) is 11.2. The van der Waals surface area contributed by atoms with Crippen molar-refractivity contribution in [2.24, 2.45) is 0 Å². The molecule has 0 bridgehead atoms. The Morgan fingerprint density at radius 1 is 1.55 bits per heavy atom. The summed E-state index contributed by atoms with van der Waals surface area (Å²) in [5.41, 5.74) is -0.637. The van der Waals surface area contributed by atoms with Gasteiger partial charge in [0.25, 0.3) is 0 Å². The lowest BCUT2D eigenvalue weighted by molar-refractivity contribution is -0.119. The summed E-state index contributed by atoms with van der Waals surface area (Å²) >= 11 is 1.39. The predicted octanol–water partition coefficient (Wildman–Crippen LogP) is 1.66. The highest BCUT2D eigenvalue weighted by Crippen LogP contribution is 2.37. The van der Waals surface area contributed by atoms with Crippen molar-refractivity contribution < 1.29 is 4.79 Å². The van der Waals surface area contributed by atoms with Crippen molar-refractivity contribution in [3.8, 4) is 6.07 Å². The van der Waals surface area contributed by atoms with Crippen molar-refractivity contribution >= 4 is 17.7 Å². The standard InChI is InChI=1S/C13H17N5OS/c14-8-13(5-1-2-6-13)16-11(19)7-20-12-17-15-9-18(12)10-3-4-10/h9-10H,1-7H2,(H,16,19). The van der Waals surface area contributed by atoms with E-state index in [4.69, 9.17) is 0 Å². The first-order chi connectivity index (χ1) is 9.72. The van der Waals surface area contributed by atoms with Gasteiger partial charge in [-0.1, -0.05) is 11.8 Å². The van der Waals surface area contributed by atoms with E-state index >= 15 is 0 Å². The number of hydrogen-bond donors (Lipinski definition) is 1. The van der Waals surface area contributed by atoms with Crippen LogP contribution in [0.1, 0.15) is 44.6 Å². The van der Waals surface area contributed by atoms with Crippen LogP contribution in [0, 0.1) is 11.3 Å². The minimum absolute atomic E-state index is 0.0937. The molecule has 1 N–H and O–H groups in total. The molecule has 2 aliphatic carbocycles. The SMILES string of the molecule is N#CC1(NC(=O)CSc2nncn2C2CC2)CCCC1. The van der Waals surface area contributed by atoms with Crippen molar-refractivity contribution in [2.75, 3.05) is 5.75 Å². The van der Waals surface area contributed by atoms with Crippen molar-refractivity contribution in [2.45, 2.75) is 55.3 Å². The van der Waals surface area contributed by atoms with E-state index in [1.807, 2.05) is 4.57 Å². The molecular weight excluding hydrogens is 274 g/mol. The first kappa shape index (κ1) is 13.4. The van der Waals surface area contributed by atoms with Crippen LogP contribution in [0.15, 0.2) is 11.5 Å². The van der Waals surface area contributed by atoms with E-state index < -0.39 is 5.54 Å². The Kier molecular flexibility index (Phi) is 3.66. The van der Waals surface area contributed by atoms with Gasteiger partial charge in [0.2, 0.25) is 5.91 Å². The fourth-order valence-corrected chi connectivity index (χ4v) is 3.40. The molecule has 0 aliphatic heterocycles. The maximum atomic E-state index is 12.0. The molecule has 0 aromatic carbocycles. The highest BCUT2D eigenvalue weighted by atomic mass is 32.2. The lowest BCUT2D eigenvalue weighted by Crippen LogP contribution is -2.45. The minimum atomic E-state index is -0.637. The number of hydrogen-bond acceptors (Lipinski definition) is 5. The first-order valence-electron chi connectivity index (χ1n) is 6.97. The van der Waals surface area contributed by atoms with Gasteiger partial charge in [-0.05, 0) is 38.5 Å². The molecule has 0 saturated heterocycles. The predicted molar refractivity (Wildman–Crippen MR) is 74.0 cm³/mol. The van der Waals surface area contributed by atoms with E-state index in [9.17, 15) is 10.1 Å². The molecule has 1 aromatic rings. The average molecular weight is 291 g/mol. The number of nitrogens with zero attached hydrogens (tertiary/aromatic N) is 4. The van der Waals surface area contributed by atoms with Gasteiger partial charge in [0, 0.05) is 6.04 Å². The zero-order valence-corrected chi connectivity index (χ0v) is 12.0. The van der Waals surface area contributed by atoms with E-state index in [2.05, 4.69) is 21.6 Å². The molecule has 0 spiro atoms. The van der Waals surface area contributed by atoms with E-state index in [-0.39, 0.29) is 11.7 Å². The summed E-state index contributed by atoms with van der Waals surface area (Å²) in [5, 5.41) is 20.9. The Bertz CT molecular complexity index is 539. The zero-order chi connectivity index (χ0) is 14.0. The molecule has 3 rings (SSSR count). The lowest BCUT2D eigenvalue weighted by Gasteiger charge is -2.21. The second kappa shape index (κ2) is 5.44. The largest absolute Gasteiger partial charge is 0.337 e. The quantitative estimate of drug-likeness (QED) is 0.834. The number of nitriles is 1. The van der Waals surface area contributed by atoms with Crippen LogP contribution in [0.3, 0.4) is 0 Å². The van der Waals surface area contributed by atoms with E-state index in [0.29, 0.717) is 6.04 Å². The molecule has 2 saturated carbocycles. The molecule has 2 fully saturated rings. The average Bonchev–Trinajstić information content (AvgIpc) is 3.01. The Morgan fingerprint density at radius 2 is 2.30 bits per heavy atom. The van der Waals surface area contributed by atoms with Crippen molar-refractivity contribution in [1.29, 1.82) is 5.26 Å². The van der Waals surface area contributed by atoms with Crippen molar-refractivity contribution in [1.82, 2.24) is 20.1 Å². The third-order valence-electron chi connectivity index (χ3n) is 3.86. The highest BCUT2D eigenvalue weighted by molar-refractivity contribution is 7.99. The van der Waals surface area contributed by atoms with Crippen molar-refractivity contribution in [3.05, 3.63) is 6.33 Å². The van der Waals surface area contributed by atoms with Crippen LogP contribution in [-0.4, -0.2) is 32.0 Å². The number of amides is 1. The number of thioether (sulfide) groups is 1. The first-order valence-corrected chi connectivity index (χ1v) is 7.96. The van der Waals surface area contributed by atoms with Gasteiger partial charge in [0.15, 0.2) is 5.16 Å². The Balaban J connectivity index is 1.54. The summed E-state index contributed by atoms with van der Waals surface area (Å²) in [7, 11) is 0. The number of carbonyl (C=O) groups excluding carboxylic acids is 1. The van der Waals surface area contributed by atoms with Crippen LogP contribution < -0.4 is 5.32 Å². The molecule has 6 nitrogen and oxygen atoms in total. The second-order valence-electron chi connectivity index (χ2n) is 5.49. The molecular formula is C13H17N5OS. The second-order valence-corrected chi connectivity index (χ2v) is 6.43. The van der Waals surface area contributed by atoms with Crippen molar-refractivity contribution in [3.63, 3.8) is 0 Å². The van der Waals surface area contributed by atoms with Gasteiger partial charge in [-0.25, -0.2) is 0 Å². The van der Waals surface area contributed by atoms with Crippen LogP contribution in [0.4, 0.5) is 0 Å². The summed E-state index contributed by atoms with van der Waals surface area (Å²) in [4.78, 5) is 12.0. The molecule has 20 heavy (non-hydrogen) atoms. The maximum Gasteiger partial charge on any atom is 0.231 e. The van der Waals surface area contributed by atoms with Gasteiger partial charge in [-0.3, -0.25) is 4.79 Å². The van der Waals surface area contributed by atoms with Crippen LogP contribution in [0.25, 0.3) is 0 Å². The van der Waals surface area contributed by atoms with Gasteiger partial charge in [0.05, 0.1) is 11.8 Å². The number of aromatic nitrogens is 3. The topological polar surface area (TPSA) is 83.6 Å². The van der Waals surface area contributed by atoms with Gasteiger partial charge in [-0.15, -0.1) is 10.2 Å². The molecule has 2 aliphatic rings. The molecule has 1 aromatic heterocycles. The van der Waals surface area contributed by atoms with E-state index in [1.165, 1.54) is 11.8 Å². The lowest BCUT2D eigenvalue weighted by atomic mass is 10.0. The third kappa shape index (κ3) is 2.80. The monoisotopic (exact) mass is 291 g/mol. The maximum absolute atomic E-state index is 12.0. The van der Waals surface area contributed by atoms with Gasteiger partial charge in [-0.2, -0.15) is 5.26 Å². The summed E-state index contributed by atoms with van der Waals surface area (Å²) in [6.45, 7) is 0. The molecule has 0 radical (unpaired) electrons. The summed E-state index contributed by atoms with van der Waals surface area (Å²) < 4.78 is 2.04. The molecule has 1 amide bonds. The van der Waals surface area contributed by atoms with Gasteiger partial charge >= 0.3 is 0 Å². The van der Waals surface area contributed by atoms with E-state index in [0.717, 1.165) is 43.7 Å². The Hall–Kier alpha value is -1.55. The smallest absolute Gasteiger partial charge is 0.231 e. The van der Waals surface area contributed by atoms with Gasteiger partial charge < -0.3 is 9.88 Å². The summed E-state index contributed by atoms with van der Waals surface area (Å²) in [5.74, 6) is 0.193. The minimum Gasteiger partial charge on any atom is -0.337 e. The normalized spacial score (nSPS) is 20.6. The summed E-state index contributed by atoms with van der Waals surface area (Å²) in [6.07, 6.45) is 7.60. The molecule has 7 heteroatoms. The number of rotatable bonds is 5. The highest BCUT2D eigenvalue weighted by Gasteiger charge is 2.35. The van der Waals surface area contributed by atoms with E-state index in [1.54, 1.807) is 6.33 Å². The van der Waals surface area contributed by atoms with Crippen LogP contribution in [-0.2, 0) is 4.79 Å². The number of carbonyl (C=O) groups is 1. The Morgan fingerprint density at radius 3 is 2.95 bits per heavy atom.